The van der Waals surface area contributed by atoms with Gasteiger partial charge >= 0.3 is 84.4 Å². The summed E-state index contributed by atoms with van der Waals surface area (Å²) in [6, 6.07) is 10.1. The summed E-state index contributed by atoms with van der Waals surface area (Å²) in [5, 5.41) is 8.62. The van der Waals surface area contributed by atoms with E-state index in [1.165, 1.54) is 10.0 Å². The Hall–Kier alpha value is -0.491. The zero-order valence-electron chi connectivity index (χ0n) is 8.46. The zero-order chi connectivity index (χ0) is 9.90. The summed E-state index contributed by atoms with van der Waals surface area (Å²) in [6.45, 7) is 0. The Balaban J connectivity index is 2.77. The summed E-state index contributed by atoms with van der Waals surface area (Å²) in [7, 11) is 0. The molecule has 0 heterocycles. The van der Waals surface area contributed by atoms with E-state index in [0.717, 1.165) is 5.56 Å². The average molecular weight is 280 g/mol. The fraction of sp³-hybridized carbons (Fsp3) is 0.364. The molecular weight excluding hydrogens is 265 g/mol. The van der Waals surface area contributed by atoms with Crippen LogP contribution >= 0.6 is 0 Å². The van der Waals surface area contributed by atoms with E-state index >= 15 is 0 Å². The summed E-state index contributed by atoms with van der Waals surface area (Å²) < 4.78 is 1.26. The van der Waals surface area contributed by atoms with E-state index < -0.39 is 18.4 Å². The van der Waals surface area contributed by atoms with Gasteiger partial charge in [0.2, 0.25) is 0 Å². The van der Waals surface area contributed by atoms with Crippen LogP contribution in [0.25, 0.3) is 0 Å². The summed E-state index contributed by atoms with van der Waals surface area (Å²) >= 11 is -1.69. The molecule has 0 radical (unpaired) electrons. The van der Waals surface area contributed by atoms with Crippen LogP contribution in [0.2, 0.25) is 14.8 Å². The van der Waals surface area contributed by atoms with Crippen molar-refractivity contribution in [1.82, 2.24) is 0 Å². The van der Waals surface area contributed by atoms with Gasteiger partial charge in [-0.05, 0) is 0 Å². The molecule has 0 amide bonds. The first-order chi connectivity index (χ1) is 6.01. The molecule has 13 heavy (non-hydrogen) atoms. The molecule has 0 aliphatic heterocycles. The number of hydrogen-bond acceptors (Lipinski definition) is 1. The van der Waals surface area contributed by atoms with Gasteiger partial charge in [0.1, 0.15) is 0 Å². The van der Waals surface area contributed by atoms with Crippen molar-refractivity contribution in [3.05, 3.63) is 35.4 Å². The third kappa shape index (κ3) is 3.82. The van der Waals surface area contributed by atoms with E-state index in [2.05, 4.69) is 33.0 Å². The number of nitriles is 1. The standard InChI is InChI=1S/C8H6N.3CH3.Sn/c1-7-2-4-8(6-9)5-3-7;;;;/h2-5H,1H2;3*1H3;. The van der Waals surface area contributed by atoms with Gasteiger partial charge in [-0.2, -0.15) is 0 Å². The van der Waals surface area contributed by atoms with Crippen LogP contribution in [0.4, 0.5) is 0 Å². The molecule has 0 atom stereocenters. The van der Waals surface area contributed by atoms with Crippen molar-refractivity contribution in [2.24, 2.45) is 0 Å². The molecule has 1 rings (SSSR count). The van der Waals surface area contributed by atoms with Gasteiger partial charge in [-0.25, -0.2) is 0 Å². The second-order valence-corrected chi connectivity index (χ2v) is 20.2. The predicted molar refractivity (Wildman–Crippen MR) is 58.2 cm³/mol. The summed E-state index contributed by atoms with van der Waals surface area (Å²) in [5.74, 6) is 0. The predicted octanol–water partition coefficient (Wildman–Crippen LogP) is 2.98. The van der Waals surface area contributed by atoms with Crippen LogP contribution < -0.4 is 0 Å². The van der Waals surface area contributed by atoms with E-state index in [4.69, 9.17) is 5.26 Å². The molecule has 1 aromatic carbocycles. The molecular formula is C11H15NSn. The summed E-state index contributed by atoms with van der Waals surface area (Å²) in [5.41, 5.74) is 2.15. The molecule has 0 aromatic heterocycles. The van der Waals surface area contributed by atoms with Gasteiger partial charge < -0.3 is 0 Å². The van der Waals surface area contributed by atoms with Gasteiger partial charge in [0.25, 0.3) is 0 Å². The van der Waals surface area contributed by atoms with Gasteiger partial charge in [-0.1, -0.05) is 0 Å². The van der Waals surface area contributed by atoms with Crippen molar-refractivity contribution in [2.45, 2.75) is 19.3 Å². The van der Waals surface area contributed by atoms with E-state index in [0.29, 0.717) is 0 Å². The Morgan fingerprint density at radius 3 is 2.08 bits per heavy atom. The van der Waals surface area contributed by atoms with E-state index in [1.807, 2.05) is 12.1 Å². The molecule has 0 spiro atoms. The Morgan fingerprint density at radius 2 is 1.69 bits per heavy atom. The first-order valence-electron chi connectivity index (χ1n) is 4.50. The molecule has 0 aliphatic carbocycles. The Labute approximate surface area is 84.3 Å². The fourth-order valence-electron chi connectivity index (χ4n) is 1.31. The third-order valence-electron chi connectivity index (χ3n) is 1.82. The number of rotatable bonds is 2. The molecule has 0 bridgehead atoms. The fourth-order valence-corrected chi connectivity index (χ4v) is 5.48. The van der Waals surface area contributed by atoms with Gasteiger partial charge in [0, 0.05) is 0 Å². The summed E-state index contributed by atoms with van der Waals surface area (Å²) in [4.78, 5) is 7.27. The first kappa shape index (κ1) is 10.6. The minimum atomic E-state index is -1.69. The summed E-state index contributed by atoms with van der Waals surface area (Å²) in [6.07, 6.45) is 0. The molecule has 2 heteroatoms. The molecule has 0 saturated carbocycles. The molecule has 0 aliphatic rings. The SMILES string of the molecule is [CH3][Sn]([CH3])([CH3])[CH2]c1ccc(C#N)cc1. The molecule has 0 unspecified atom stereocenters. The quantitative estimate of drug-likeness (QED) is 0.764. The molecule has 1 aromatic rings. The zero-order valence-corrected chi connectivity index (χ0v) is 11.3. The van der Waals surface area contributed by atoms with Crippen molar-refractivity contribution < 1.29 is 0 Å². The number of benzene rings is 1. The van der Waals surface area contributed by atoms with Crippen molar-refractivity contribution in [3.63, 3.8) is 0 Å². The van der Waals surface area contributed by atoms with Gasteiger partial charge in [0.05, 0.1) is 0 Å². The van der Waals surface area contributed by atoms with Crippen LogP contribution in [0.1, 0.15) is 11.1 Å². The Morgan fingerprint density at radius 1 is 1.15 bits per heavy atom. The maximum atomic E-state index is 8.62. The second-order valence-electron chi connectivity index (χ2n) is 4.55. The van der Waals surface area contributed by atoms with Crippen LogP contribution in [-0.2, 0) is 4.44 Å². The van der Waals surface area contributed by atoms with E-state index in [9.17, 15) is 0 Å². The maximum absolute atomic E-state index is 8.62. The first-order valence-corrected chi connectivity index (χ1v) is 15.1. The molecule has 1 nitrogen and oxygen atoms in total. The molecule has 0 fully saturated rings. The monoisotopic (exact) mass is 281 g/mol. The van der Waals surface area contributed by atoms with Gasteiger partial charge in [-0.15, -0.1) is 0 Å². The normalized spacial score (nSPS) is 10.9. The van der Waals surface area contributed by atoms with Crippen LogP contribution in [0.15, 0.2) is 24.3 Å². The Kier molecular flexibility index (Phi) is 3.38. The van der Waals surface area contributed by atoms with Crippen LogP contribution in [0.5, 0.6) is 0 Å². The van der Waals surface area contributed by atoms with E-state index in [1.54, 1.807) is 0 Å². The van der Waals surface area contributed by atoms with Crippen LogP contribution in [0, 0.1) is 11.3 Å². The molecule has 0 N–H and O–H groups in total. The van der Waals surface area contributed by atoms with Crippen molar-refractivity contribution in [1.29, 1.82) is 5.26 Å². The van der Waals surface area contributed by atoms with Crippen molar-refractivity contribution in [3.8, 4) is 6.07 Å². The van der Waals surface area contributed by atoms with Crippen LogP contribution in [-0.4, -0.2) is 18.4 Å². The number of hydrogen-bond donors (Lipinski definition) is 0. The molecule has 0 saturated heterocycles. The van der Waals surface area contributed by atoms with Crippen molar-refractivity contribution in [2.75, 3.05) is 0 Å². The average Bonchev–Trinajstić information content (AvgIpc) is 2.03. The third-order valence-corrected chi connectivity index (χ3v) is 6.01. The number of nitrogens with zero attached hydrogens (tertiary/aromatic N) is 1. The topological polar surface area (TPSA) is 23.8 Å². The Bertz CT molecular complexity index is 313. The second kappa shape index (κ2) is 4.15. The van der Waals surface area contributed by atoms with E-state index in [-0.39, 0.29) is 0 Å². The van der Waals surface area contributed by atoms with Gasteiger partial charge in [0.15, 0.2) is 0 Å². The molecule has 68 valence electrons. The van der Waals surface area contributed by atoms with Crippen molar-refractivity contribution >= 4 is 18.4 Å². The van der Waals surface area contributed by atoms with Gasteiger partial charge in [-0.3, -0.25) is 0 Å². The minimum absolute atomic E-state index is 0.757. The van der Waals surface area contributed by atoms with Crippen LogP contribution in [0.3, 0.4) is 0 Å².